The predicted octanol–water partition coefficient (Wildman–Crippen LogP) is 11.1. The third-order valence-electron chi connectivity index (χ3n) is 7.60. The molecule has 0 N–H and O–H groups in total. The van der Waals surface area contributed by atoms with Crippen LogP contribution in [0, 0.1) is 29.1 Å². The maximum absolute atomic E-state index is 4.37. The Bertz CT molecular complexity index is 683. The van der Waals surface area contributed by atoms with E-state index in [9.17, 15) is 0 Å². The van der Waals surface area contributed by atoms with Crippen LogP contribution in [0.5, 0.6) is 0 Å². The van der Waals surface area contributed by atoms with Crippen molar-refractivity contribution in [2.24, 2.45) is 29.1 Å². The lowest BCUT2D eigenvalue weighted by Crippen LogP contribution is -2.09. The van der Waals surface area contributed by atoms with Crippen LogP contribution in [0.4, 0.5) is 0 Å². The summed E-state index contributed by atoms with van der Waals surface area (Å²) in [5.41, 5.74) is 5.57. The summed E-state index contributed by atoms with van der Waals surface area (Å²) in [6.07, 6.45) is 18.5. The van der Waals surface area contributed by atoms with Crippen LogP contribution in [0.2, 0.25) is 0 Å². The molecule has 0 radical (unpaired) electrons. The summed E-state index contributed by atoms with van der Waals surface area (Å²) >= 11 is 0. The average molecular weight is 453 g/mol. The summed E-state index contributed by atoms with van der Waals surface area (Å²) in [6, 6.07) is 0. The van der Waals surface area contributed by atoms with Crippen LogP contribution in [0.15, 0.2) is 72.9 Å². The van der Waals surface area contributed by atoms with E-state index in [1.54, 1.807) is 0 Å². The van der Waals surface area contributed by atoms with Crippen LogP contribution in [-0.2, 0) is 0 Å². The maximum Gasteiger partial charge on any atom is 0.00330 e. The second-order valence-electron chi connectivity index (χ2n) is 11.4. The monoisotopic (exact) mass is 452 g/mol. The highest BCUT2D eigenvalue weighted by Crippen LogP contribution is 2.30. The number of allylic oxidation sites excluding steroid dienone is 8. The first-order valence-corrected chi connectivity index (χ1v) is 13.3. The predicted molar refractivity (Wildman–Crippen MR) is 154 cm³/mol. The van der Waals surface area contributed by atoms with Crippen molar-refractivity contribution in [2.45, 2.75) is 107 Å². The molecule has 4 unspecified atom stereocenters. The number of hydrogen-bond donors (Lipinski definition) is 0. The quantitative estimate of drug-likeness (QED) is 0.181. The lowest BCUT2D eigenvalue weighted by atomic mass is 9.83. The van der Waals surface area contributed by atoms with E-state index in [0.29, 0.717) is 23.7 Å². The van der Waals surface area contributed by atoms with Crippen molar-refractivity contribution < 1.29 is 0 Å². The van der Waals surface area contributed by atoms with Gasteiger partial charge >= 0.3 is 0 Å². The molecule has 0 saturated carbocycles. The lowest BCUT2D eigenvalue weighted by molar-refractivity contribution is 0.479. The molecule has 0 aliphatic rings. The van der Waals surface area contributed by atoms with Gasteiger partial charge in [-0.15, -0.1) is 6.58 Å². The molecule has 0 rings (SSSR count). The fourth-order valence-corrected chi connectivity index (χ4v) is 3.72. The molecular weight excluding hydrogens is 396 g/mol. The van der Waals surface area contributed by atoms with Gasteiger partial charge in [0.25, 0.3) is 0 Å². The van der Waals surface area contributed by atoms with Crippen LogP contribution in [-0.4, -0.2) is 0 Å². The van der Waals surface area contributed by atoms with Gasteiger partial charge in [-0.3, -0.25) is 0 Å². The summed E-state index contributed by atoms with van der Waals surface area (Å²) in [5, 5.41) is 0. The molecule has 33 heavy (non-hydrogen) atoms. The Morgan fingerprint density at radius 3 is 2.00 bits per heavy atom. The Hall–Kier alpha value is -1.56. The maximum atomic E-state index is 4.37. The first-order valence-electron chi connectivity index (χ1n) is 13.3. The minimum absolute atomic E-state index is 0.0560. The number of rotatable bonds is 18. The van der Waals surface area contributed by atoms with E-state index in [1.807, 2.05) is 0 Å². The van der Waals surface area contributed by atoms with Crippen LogP contribution < -0.4 is 0 Å². The molecule has 0 fully saturated rings. The van der Waals surface area contributed by atoms with E-state index >= 15 is 0 Å². The molecule has 0 amide bonds. The van der Waals surface area contributed by atoms with Gasteiger partial charge in [-0.25, -0.2) is 0 Å². The smallest absolute Gasteiger partial charge is 0.00330 e. The molecule has 188 valence electrons. The molecule has 0 heteroatoms. The van der Waals surface area contributed by atoms with E-state index in [1.165, 1.54) is 41.6 Å². The molecule has 0 spiro atoms. The SMILES string of the molecule is C=CC(C)(C=CC(C)CCC(C)C(=C)CCC(C)C(=C)C)CCC=C(C)CCC(=C)C(C)C. The zero-order valence-electron chi connectivity index (χ0n) is 23.6. The second-order valence-corrected chi connectivity index (χ2v) is 11.4. The van der Waals surface area contributed by atoms with E-state index in [-0.39, 0.29) is 5.41 Å². The molecule has 4 atom stereocenters. The summed E-state index contributed by atoms with van der Waals surface area (Å²) in [6.45, 7) is 34.9. The van der Waals surface area contributed by atoms with E-state index in [4.69, 9.17) is 0 Å². The molecule has 0 nitrogen and oxygen atoms in total. The molecule has 0 aliphatic carbocycles. The molecule has 0 bridgehead atoms. The Kier molecular flexibility index (Phi) is 15.4. The zero-order chi connectivity index (χ0) is 25.6. The zero-order valence-corrected chi connectivity index (χ0v) is 23.6. The van der Waals surface area contributed by atoms with Gasteiger partial charge in [-0.1, -0.05) is 108 Å². The lowest BCUT2D eigenvalue weighted by Gasteiger charge is -2.22. The molecule has 0 heterocycles. The normalized spacial score (nSPS) is 16.9. The fraction of sp³-hybridized carbons (Fsp3) is 0.636. The van der Waals surface area contributed by atoms with Crippen molar-refractivity contribution in [1.82, 2.24) is 0 Å². The second kappa shape index (κ2) is 16.1. The standard InChI is InChI=1S/C33H56/c1-13-33(12,23-14-15-27(6)16-18-29(8)25(2)3)24-22-28(7)17-19-31(10)32(11)21-20-30(9)26(4)5/h13,15,22,24-25,28,30-31H,1,4,8,11,14,16-21,23H2,2-3,5-7,9-10,12H3. The first-order chi connectivity index (χ1) is 15.3. The van der Waals surface area contributed by atoms with Gasteiger partial charge < -0.3 is 0 Å². The summed E-state index contributed by atoms with van der Waals surface area (Å²) < 4.78 is 0. The summed E-state index contributed by atoms with van der Waals surface area (Å²) in [7, 11) is 0. The highest BCUT2D eigenvalue weighted by molar-refractivity contribution is 5.11. The van der Waals surface area contributed by atoms with Crippen LogP contribution in [0.1, 0.15) is 107 Å². The van der Waals surface area contributed by atoms with E-state index in [2.05, 4.69) is 106 Å². The van der Waals surface area contributed by atoms with Crippen LogP contribution in [0.3, 0.4) is 0 Å². The molecule has 0 aliphatic heterocycles. The van der Waals surface area contributed by atoms with Crippen molar-refractivity contribution in [3.8, 4) is 0 Å². The van der Waals surface area contributed by atoms with Crippen molar-refractivity contribution in [3.05, 3.63) is 72.9 Å². The van der Waals surface area contributed by atoms with Gasteiger partial charge in [0.15, 0.2) is 0 Å². The molecule has 0 aromatic carbocycles. The fourth-order valence-electron chi connectivity index (χ4n) is 3.72. The van der Waals surface area contributed by atoms with Gasteiger partial charge in [0, 0.05) is 5.41 Å². The Balaban J connectivity index is 4.53. The van der Waals surface area contributed by atoms with Crippen molar-refractivity contribution >= 4 is 0 Å². The topological polar surface area (TPSA) is 0 Å². The Labute approximate surface area is 208 Å². The van der Waals surface area contributed by atoms with Gasteiger partial charge in [-0.05, 0) is 88.9 Å². The third-order valence-corrected chi connectivity index (χ3v) is 7.60. The summed E-state index contributed by atoms with van der Waals surface area (Å²) in [4.78, 5) is 0. The van der Waals surface area contributed by atoms with Gasteiger partial charge in [-0.2, -0.15) is 0 Å². The van der Waals surface area contributed by atoms with Crippen LogP contribution >= 0.6 is 0 Å². The molecular formula is C33H56. The molecule has 0 saturated heterocycles. The van der Waals surface area contributed by atoms with Crippen molar-refractivity contribution in [3.63, 3.8) is 0 Å². The van der Waals surface area contributed by atoms with Crippen molar-refractivity contribution in [2.75, 3.05) is 0 Å². The Morgan fingerprint density at radius 1 is 0.818 bits per heavy atom. The molecule has 0 aromatic rings. The third kappa shape index (κ3) is 14.3. The first kappa shape index (κ1) is 31.4. The Morgan fingerprint density at radius 2 is 1.45 bits per heavy atom. The summed E-state index contributed by atoms with van der Waals surface area (Å²) in [5.74, 6) is 2.34. The largest absolute Gasteiger partial charge is 0.102 e. The van der Waals surface area contributed by atoms with Gasteiger partial charge in [0.2, 0.25) is 0 Å². The average Bonchev–Trinajstić information content (AvgIpc) is 2.77. The van der Waals surface area contributed by atoms with Gasteiger partial charge in [0.05, 0.1) is 0 Å². The highest BCUT2D eigenvalue weighted by atomic mass is 14.2. The van der Waals surface area contributed by atoms with E-state index < -0.39 is 0 Å². The minimum Gasteiger partial charge on any atom is -0.102 e. The van der Waals surface area contributed by atoms with Gasteiger partial charge in [0.1, 0.15) is 0 Å². The minimum atomic E-state index is 0.0560. The number of hydrogen-bond acceptors (Lipinski definition) is 0. The van der Waals surface area contributed by atoms with Crippen LogP contribution in [0.25, 0.3) is 0 Å². The molecule has 0 aromatic heterocycles. The van der Waals surface area contributed by atoms with E-state index in [0.717, 1.165) is 32.1 Å². The highest BCUT2D eigenvalue weighted by Gasteiger charge is 2.16. The van der Waals surface area contributed by atoms with Crippen molar-refractivity contribution in [1.29, 1.82) is 0 Å².